The largest absolute Gasteiger partial charge is 0.391 e. The van der Waals surface area contributed by atoms with Gasteiger partial charge in [0.25, 0.3) is 0 Å². The second kappa shape index (κ2) is 18.7. The van der Waals surface area contributed by atoms with E-state index in [1.165, 1.54) is 18.2 Å². The Kier molecular flexibility index (Phi) is 15.4. The Morgan fingerprint density at radius 2 is 1.45 bits per heavy atom. The molecule has 0 aromatic rings. The molecule has 5 amide bonds. The van der Waals surface area contributed by atoms with E-state index in [4.69, 9.17) is 5.73 Å². The number of aliphatic hydroxyl groups excluding tert-OH is 1. The Morgan fingerprint density at radius 3 is 2.02 bits per heavy atom. The molecule has 2 aliphatic carbocycles. The second-order valence-corrected chi connectivity index (χ2v) is 14.5. The number of nitrogens with one attached hydrogen (secondary N) is 4. The number of hydrogen-bond acceptors (Lipinski definition) is 8. The molecule has 7 N–H and O–H groups in total. The van der Waals surface area contributed by atoms with Crippen molar-refractivity contribution in [2.75, 3.05) is 33.2 Å². The van der Waals surface area contributed by atoms with Crippen molar-refractivity contribution in [1.29, 1.82) is 0 Å². The van der Waals surface area contributed by atoms with Gasteiger partial charge in [0.1, 0.15) is 24.2 Å². The highest BCUT2D eigenvalue weighted by Crippen LogP contribution is 2.28. The van der Waals surface area contributed by atoms with Crippen molar-refractivity contribution in [3.8, 4) is 0 Å². The molecule has 47 heavy (non-hydrogen) atoms. The van der Waals surface area contributed by atoms with E-state index in [0.717, 1.165) is 57.8 Å². The highest BCUT2D eigenvalue weighted by atomic mass is 16.3. The molecule has 3 fully saturated rings. The predicted molar refractivity (Wildman–Crippen MR) is 180 cm³/mol. The lowest BCUT2D eigenvalue weighted by molar-refractivity contribution is -0.144. The van der Waals surface area contributed by atoms with Crippen molar-refractivity contribution in [3.05, 3.63) is 0 Å². The summed E-state index contributed by atoms with van der Waals surface area (Å²) in [6.45, 7) is 8.22. The van der Waals surface area contributed by atoms with Gasteiger partial charge in [0, 0.05) is 33.2 Å². The quantitative estimate of drug-likeness (QED) is 0.229. The third-order valence-electron chi connectivity index (χ3n) is 10.3. The van der Waals surface area contributed by atoms with Crippen LogP contribution >= 0.6 is 0 Å². The molecule has 0 radical (unpaired) electrons. The molecule has 268 valence electrons. The molecule has 1 saturated heterocycles. The van der Waals surface area contributed by atoms with Gasteiger partial charge in [0.2, 0.25) is 29.5 Å². The van der Waals surface area contributed by atoms with E-state index in [1.54, 1.807) is 7.05 Å². The number of nitrogens with zero attached hydrogens (tertiary/aromatic N) is 2. The lowest BCUT2D eigenvalue weighted by Crippen LogP contribution is -2.63. The summed E-state index contributed by atoms with van der Waals surface area (Å²) >= 11 is 0. The Balaban J connectivity index is 2.00. The van der Waals surface area contributed by atoms with Gasteiger partial charge >= 0.3 is 0 Å². The molecule has 1 aliphatic heterocycles. The number of carbonyl (C=O) groups excluding carboxylic acids is 5. The minimum Gasteiger partial charge on any atom is -0.391 e. The zero-order valence-electron chi connectivity index (χ0n) is 29.3. The highest BCUT2D eigenvalue weighted by molar-refractivity contribution is 5.96. The number of nitrogens with two attached hydrogens (primary N) is 1. The van der Waals surface area contributed by atoms with Crippen LogP contribution in [0, 0.1) is 17.8 Å². The molecule has 0 unspecified atom stereocenters. The maximum absolute atomic E-state index is 14.1. The molecular weight excluding hydrogens is 602 g/mol. The predicted octanol–water partition coefficient (Wildman–Crippen LogP) is 0.634. The minimum absolute atomic E-state index is 0.0943. The van der Waals surface area contributed by atoms with E-state index in [9.17, 15) is 29.1 Å². The maximum atomic E-state index is 14.1. The second-order valence-electron chi connectivity index (χ2n) is 14.5. The average Bonchev–Trinajstić information content (AvgIpc) is 3.05. The number of amides is 5. The van der Waals surface area contributed by atoms with E-state index >= 15 is 0 Å². The van der Waals surface area contributed by atoms with Crippen LogP contribution in [-0.4, -0.2) is 114 Å². The minimum atomic E-state index is -1.28. The third-order valence-corrected chi connectivity index (χ3v) is 10.3. The van der Waals surface area contributed by atoms with Gasteiger partial charge in [-0.05, 0) is 63.7 Å². The zero-order chi connectivity index (χ0) is 34.7. The van der Waals surface area contributed by atoms with E-state index in [-0.39, 0.29) is 30.8 Å². The molecule has 0 aromatic heterocycles. The molecule has 13 heteroatoms. The number of aliphatic hydroxyl groups is 1. The monoisotopic (exact) mass is 663 g/mol. The third kappa shape index (κ3) is 11.1. The van der Waals surface area contributed by atoms with Crippen molar-refractivity contribution in [2.24, 2.45) is 23.5 Å². The van der Waals surface area contributed by atoms with E-state index in [1.807, 2.05) is 20.8 Å². The Labute approximate surface area is 280 Å². The standard InChI is InChI=1S/C34H61N7O6/c1-21(2)18-27-31(44)39-29(25-14-10-7-11-15-25)33(46)37-26(19-35)30(43)38-28(23(4)42)32(45)36-16-17-41(22(3)34(47)40(27)5)20-24-12-8-6-9-13-24/h21-29,42H,6-20,35H2,1-5H3,(H,36,45)(H,37,46)(H,38,43)(H,39,44)/t22-,23-,26-,27-,28-,29-/m0/s1. The van der Waals surface area contributed by atoms with E-state index < -0.39 is 59.9 Å². The van der Waals surface area contributed by atoms with Crippen molar-refractivity contribution >= 4 is 29.5 Å². The molecule has 0 spiro atoms. The van der Waals surface area contributed by atoms with Gasteiger partial charge in [0.15, 0.2) is 0 Å². The average molecular weight is 664 g/mol. The lowest BCUT2D eigenvalue weighted by Gasteiger charge is -2.38. The zero-order valence-corrected chi connectivity index (χ0v) is 29.3. The Hall–Kier alpha value is -2.77. The molecule has 3 aliphatic rings. The van der Waals surface area contributed by atoms with Crippen LogP contribution in [0.15, 0.2) is 0 Å². The summed E-state index contributed by atoms with van der Waals surface area (Å²) in [7, 11) is 1.65. The van der Waals surface area contributed by atoms with Gasteiger partial charge in [-0.2, -0.15) is 0 Å². The summed E-state index contributed by atoms with van der Waals surface area (Å²) in [6, 6.07) is -4.79. The first-order valence-corrected chi connectivity index (χ1v) is 17.9. The van der Waals surface area contributed by atoms with Gasteiger partial charge in [0.05, 0.1) is 12.1 Å². The van der Waals surface area contributed by atoms with Gasteiger partial charge in [-0.15, -0.1) is 0 Å². The van der Waals surface area contributed by atoms with E-state index in [2.05, 4.69) is 26.2 Å². The Bertz CT molecular complexity index is 1060. The summed E-state index contributed by atoms with van der Waals surface area (Å²) in [6.07, 6.45) is 9.15. The van der Waals surface area contributed by atoms with Crippen LogP contribution in [0.5, 0.6) is 0 Å². The van der Waals surface area contributed by atoms with Crippen LogP contribution in [0.3, 0.4) is 0 Å². The van der Waals surface area contributed by atoms with Gasteiger partial charge < -0.3 is 37.0 Å². The molecule has 0 bridgehead atoms. The maximum Gasteiger partial charge on any atom is 0.245 e. The lowest BCUT2D eigenvalue weighted by atomic mass is 9.83. The molecule has 2 saturated carbocycles. The van der Waals surface area contributed by atoms with Crippen molar-refractivity contribution in [1.82, 2.24) is 31.1 Å². The molecule has 0 aromatic carbocycles. The molecule has 13 nitrogen and oxygen atoms in total. The van der Waals surface area contributed by atoms with Crippen LogP contribution < -0.4 is 27.0 Å². The van der Waals surface area contributed by atoms with Crippen molar-refractivity contribution < 1.29 is 29.1 Å². The number of rotatable bonds is 7. The first-order valence-electron chi connectivity index (χ1n) is 17.9. The summed E-state index contributed by atoms with van der Waals surface area (Å²) in [5, 5.41) is 21.5. The smallest absolute Gasteiger partial charge is 0.245 e. The summed E-state index contributed by atoms with van der Waals surface area (Å²) < 4.78 is 0. The summed E-state index contributed by atoms with van der Waals surface area (Å²) in [5.74, 6) is -2.06. The van der Waals surface area contributed by atoms with Crippen LogP contribution in [0.1, 0.15) is 98.3 Å². The fraction of sp³-hybridized carbons (Fsp3) is 0.853. The molecule has 3 rings (SSSR count). The van der Waals surface area contributed by atoms with Crippen molar-refractivity contribution in [2.45, 2.75) is 135 Å². The van der Waals surface area contributed by atoms with Crippen LogP contribution in [0.4, 0.5) is 0 Å². The van der Waals surface area contributed by atoms with Crippen LogP contribution in [0.25, 0.3) is 0 Å². The first-order chi connectivity index (χ1) is 22.3. The van der Waals surface area contributed by atoms with Crippen LogP contribution in [-0.2, 0) is 24.0 Å². The number of hydrogen-bond donors (Lipinski definition) is 6. The molecular formula is C34H61N7O6. The fourth-order valence-corrected chi connectivity index (χ4v) is 7.34. The normalized spacial score (nSPS) is 30.2. The van der Waals surface area contributed by atoms with Gasteiger partial charge in [-0.25, -0.2) is 0 Å². The Morgan fingerprint density at radius 1 is 0.830 bits per heavy atom. The first kappa shape index (κ1) is 38.7. The van der Waals surface area contributed by atoms with Crippen LogP contribution in [0.2, 0.25) is 0 Å². The number of likely N-dealkylation sites (N-methyl/N-ethyl adjacent to an activating group) is 1. The highest BCUT2D eigenvalue weighted by Gasteiger charge is 2.39. The number of carbonyl (C=O) groups is 5. The topological polar surface area (TPSA) is 186 Å². The SMILES string of the molecule is CC(C)C[C@H]1C(=O)N[C@@H](C2CCCCC2)C(=O)N[C@@H](CN)C(=O)N[C@@H]([C@H](C)O)C(=O)NCCN(CC2CCCCC2)[C@@H](C)C(=O)N1C. The van der Waals surface area contributed by atoms with Crippen molar-refractivity contribution in [3.63, 3.8) is 0 Å². The summed E-state index contributed by atoms with van der Waals surface area (Å²) in [5.41, 5.74) is 5.92. The molecule has 1 heterocycles. The summed E-state index contributed by atoms with van der Waals surface area (Å²) in [4.78, 5) is 72.2. The van der Waals surface area contributed by atoms with Gasteiger partial charge in [-0.3, -0.25) is 28.9 Å². The van der Waals surface area contributed by atoms with E-state index in [0.29, 0.717) is 25.4 Å². The molecule has 6 atom stereocenters. The van der Waals surface area contributed by atoms with Gasteiger partial charge in [-0.1, -0.05) is 52.4 Å². The fourth-order valence-electron chi connectivity index (χ4n) is 7.34.